The van der Waals surface area contributed by atoms with Crippen molar-refractivity contribution in [3.8, 4) is 0 Å². The Balaban J connectivity index is 2.01. The second-order valence-corrected chi connectivity index (χ2v) is 7.23. The molecule has 124 valence electrons. The summed E-state index contributed by atoms with van der Waals surface area (Å²) in [5, 5.41) is 4.79. The third-order valence-electron chi connectivity index (χ3n) is 3.91. The molecule has 2 N–H and O–H groups in total. The molecule has 1 heterocycles. The molecule has 0 radical (unpaired) electrons. The molecule has 0 saturated heterocycles. The second-order valence-electron chi connectivity index (χ2n) is 5.71. The molecule has 3 nitrogen and oxygen atoms in total. The number of carbonyl (C=O) groups excluding carboxylic acids is 1. The van der Waals surface area contributed by atoms with Crippen LogP contribution in [0.1, 0.15) is 30.8 Å². The van der Waals surface area contributed by atoms with Crippen molar-refractivity contribution in [1.82, 2.24) is 10.3 Å². The number of fused-ring (bicyclic) bond motifs is 1. The van der Waals surface area contributed by atoms with Crippen LogP contribution in [0.25, 0.3) is 10.9 Å². The number of para-hydroxylation sites is 1. The number of halogens is 1. The quantitative estimate of drug-likeness (QED) is 0.632. The molecule has 5 heteroatoms. The lowest BCUT2D eigenvalue weighted by molar-refractivity contribution is 0.0932. The number of H-pyrrole nitrogens is 1. The Morgan fingerprint density at radius 2 is 1.92 bits per heavy atom. The predicted molar refractivity (Wildman–Crippen MR) is 101 cm³/mol. The molecule has 3 aromatic rings. The van der Waals surface area contributed by atoms with Crippen molar-refractivity contribution in [3.63, 3.8) is 0 Å². The van der Waals surface area contributed by atoms with Gasteiger partial charge in [-0.3, -0.25) is 4.79 Å². The summed E-state index contributed by atoms with van der Waals surface area (Å²) < 4.78 is 0. The number of amides is 1. The number of hydrogen-bond acceptors (Lipinski definition) is 2. The zero-order chi connectivity index (χ0) is 17.1. The molecule has 0 aliphatic carbocycles. The van der Waals surface area contributed by atoms with Crippen molar-refractivity contribution in [2.24, 2.45) is 0 Å². The van der Waals surface area contributed by atoms with Crippen LogP contribution in [-0.4, -0.2) is 16.9 Å². The highest BCUT2D eigenvalue weighted by Gasteiger charge is 2.19. The van der Waals surface area contributed by atoms with Crippen molar-refractivity contribution in [2.45, 2.75) is 36.1 Å². The van der Waals surface area contributed by atoms with E-state index < -0.39 is 0 Å². The summed E-state index contributed by atoms with van der Waals surface area (Å²) in [6, 6.07) is 15.7. The van der Waals surface area contributed by atoms with Crippen LogP contribution in [0.2, 0.25) is 5.02 Å². The molecule has 0 saturated carbocycles. The van der Waals surface area contributed by atoms with Crippen molar-refractivity contribution < 1.29 is 4.79 Å². The number of nitrogens with one attached hydrogen (secondary N) is 2. The van der Waals surface area contributed by atoms with Gasteiger partial charge in [-0.1, -0.05) is 48.5 Å². The van der Waals surface area contributed by atoms with Gasteiger partial charge in [-0.15, -0.1) is 0 Å². The van der Waals surface area contributed by atoms with Crippen molar-refractivity contribution in [3.05, 3.63) is 59.2 Å². The molecular weight excluding hydrogens is 340 g/mol. The molecule has 3 rings (SSSR count). The number of carbonyl (C=O) groups is 1. The average Bonchev–Trinajstić information content (AvgIpc) is 2.95. The van der Waals surface area contributed by atoms with Crippen LogP contribution in [0.15, 0.2) is 58.3 Å². The number of aromatic amines is 1. The van der Waals surface area contributed by atoms with Crippen LogP contribution in [0.4, 0.5) is 0 Å². The maximum atomic E-state index is 12.7. The molecule has 24 heavy (non-hydrogen) atoms. The van der Waals surface area contributed by atoms with Gasteiger partial charge in [0, 0.05) is 26.9 Å². The molecule has 0 fully saturated rings. The first-order valence-corrected chi connectivity index (χ1v) is 9.13. The minimum absolute atomic E-state index is 0.0722. The zero-order valence-corrected chi connectivity index (χ0v) is 15.2. The Kier molecular flexibility index (Phi) is 5.17. The lowest BCUT2D eigenvalue weighted by Gasteiger charge is -2.11. The molecule has 0 spiro atoms. The van der Waals surface area contributed by atoms with E-state index in [1.807, 2.05) is 55.5 Å². The Labute approximate surface area is 150 Å². The van der Waals surface area contributed by atoms with Crippen LogP contribution in [0, 0.1) is 0 Å². The highest BCUT2D eigenvalue weighted by Crippen LogP contribution is 2.37. The SMILES string of the molecule is CCC(C)NC(=O)c1[nH]c2ccccc2c1Sc1ccc(Cl)cc1. The Hall–Kier alpha value is -1.91. The van der Waals surface area contributed by atoms with E-state index in [9.17, 15) is 4.79 Å². The Morgan fingerprint density at radius 3 is 2.62 bits per heavy atom. The van der Waals surface area contributed by atoms with Crippen LogP contribution >= 0.6 is 23.4 Å². The van der Waals surface area contributed by atoms with Gasteiger partial charge in [-0.25, -0.2) is 0 Å². The first-order chi connectivity index (χ1) is 11.6. The van der Waals surface area contributed by atoms with Crippen LogP contribution in [0.5, 0.6) is 0 Å². The summed E-state index contributed by atoms with van der Waals surface area (Å²) in [6.07, 6.45) is 0.894. The third kappa shape index (κ3) is 3.60. The Bertz CT molecular complexity index is 857. The topological polar surface area (TPSA) is 44.9 Å². The van der Waals surface area contributed by atoms with Crippen molar-refractivity contribution in [1.29, 1.82) is 0 Å². The third-order valence-corrected chi connectivity index (χ3v) is 5.30. The fraction of sp³-hybridized carbons (Fsp3) is 0.211. The Morgan fingerprint density at radius 1 is 1.21 bits per heavy atom. The van der Waals surface area contributed by atoms with E-state index in [0.717, 1.165) is 27.1 Å². The van der Waals surface area contributed by atoms with E-state index >= 15 is 0 Å². The summed E-state index contributed by atoms with van der Waals surface area (Å²) in [5.41, 5.74) is 1.57. The van der Waals surface area contributed by atoms with Crippen molar-refractivity contribution >= 4 is 40.2 Å². The van der Waals surface area contributed by atoms with Crippen LogP contribution < -0.4 is 5.32 Å². The van der Waals surface area contributed by atoms with Gasteiger partial charge in [0.15, 0.2) is 0 Å². The normalized spacial score (nSPS) is 12.3. The molecule has 0 aliphatic rings. The van der Waals surface area contributed by atoms with E-state index in [4.69, 9.17) is 11.6 Å². The highest BCUT2D eigenvalue weighted by molar-refractivity contribution is 7.99. The molecule has 2 aromatic carbocycles. The monoisotopic (exact) mass is 358 g/mol. The summed E-state index contributed by atoms with van der Waals surface area (Å²) in [7, 11) is 0. The fourth-order valence-corrected chi connectivity index (χ4v) is 3.57. The van der Waals surface area contributed by atoms with E-state index in [0.29, 0.717) is 10.7 Å². The lowest BCUT2D eigenvalue weighted by Crippen LogP contribution is -2.32. The molecule has 1 aromatic heterocycles. The fourth-order valence-electron chi connectivity index (χ4n) is 2.40. The molecule has 1 unspecified atom stereocenters. The maximum absolute atomic E-state index is 12.7. The summed E-state index contributed by atoms with van der Waals surface area (Å²) in [4.78, 5) is 17.9. The minimum atomic E-state index is -0.0722. The number of benzene rings is 2. The summed E-state index contributed by atoms with van der Waals surface area (Å²) in [5.74, 6) is -0.0722. The minimum Gasteiger partial charge on any atom is -0.350 e. The van der Waals surface area contributed by atoms with Gasteiger partial charge >= 0.3 is 0 Å². The molecule has 1 amide bonds. The first-order valence-electron chi connectivity index (χ1n) is 7.93. The van der Waals surface area contributed by atoms with Gasteiger partial charge in [0.2, 0.25) is 0 Å². The number of aromatic nitrogens is 1. The van der Waals surface area contributed by atoms with Gasteiger partial charge < -0.3 is 10.3 Å². The van der Waals surface area contributed by atoms with Crippen LogP contribution in [0.3, 0.4) is 0 Å². The second kappa shape index (κ2) is 7.32. The molecule has 1 atom stereocenters. The smallest absolute Gasteiger partial charge is 0.269 e. The van der Waals surface area contributed by atoms with E-state index in [1.54, 1.807) is 11.8 Å². The van der Waals surface area contributed by atoms with Crippen molar-refractivity contribution in [2.75, 3.05) is 0 Å². The maximum Gasteiger partial charge on any atom is 0.269 e. The van der Waals surface area contributed by atoms with Gasteiger partial charge in [0.1, 0.15) is 5.69 Å². The average molecular weight is 359 g/mol. The number of hydrogen-bond donors (Lipinski definition) is 2. The van der Waals surface area contributed by atoms with Gasteiger partial charge in [0.05, 0.1) is 4.90 Å². The van der Waals surface area contributed by atoms with Crippen LogP contribution in [-0.2, 0) is 0 Å². The van der Waals surface area contributed by atoms with E-state index in [2.05, 4.69) is 17.2 Å². The van der Waals surface area contributed by atoms with Gasteiger partial charge in [-0.2, -0.15) is 0 Å². The number of rotatable bonds is 5. The molecule has 0 aliphatic heterocycles. The summed E-state index contributed by atoms with van der Waals surface area (Å²) in [6.45, 7) is 4.06. The summed E-state index contributed by atoms with van der Waals surface area (Å²) >= 11 is 7.54. The first kappa shape index (κ1) is 16.9. The molecular formula is C19H19ClN2OS. The largest absolute Gasteiger partial charge is 0.350 e. The zero-order valence-electron chi connectivity index (χ0n) is 13.6. The lowest BCUT2D eigenvalue weighted by atomic mass is 10.2. The highest BCUT2D eigenvalue weighted by atomic mass is 35.5. The van der Waals surface area contributed by atoms with Gasteiger partial charge in [-0.05, 0) is 43.7 Å². The standard InChI is InChI=1S/C19H19ClN2OS/c1-3-12(2)21-19(23)17-18(15-6-4-5-7-16(15)22-17)24-14-10-8-13(20)9-11-14/h4-12,22H,3H2,1-2H3,(H,21,23). The predicted octanol–water partition coefficient (Wildman–Crippen LogP) is 5.50. The van der Waals surface area contributed by atoms with E-state index in [1.165, 1.54) is 0 Å². The van der Waals surface area contributed by atoms with E-state index in [-0.39, 0.29) is 11.9 Å². The van der Waals surface area contributed by atoms with Gasteiger partial charge in [0.25, 0.3) is 5.91 Å². The molecule has 0 bridgehead atoms.